The molecule has 0 atom stereocenters. The first-order chi connectivity index (χ1) is 8.72. The number of hydrogen-bond acceptors (Lipinski definition) is 3. The van der Waals surface area contributed by atoms with Crippen LogP contribution in [-0.2, 0) is 21.5 Å². The van der Waals surface area contributed by atoms with Crippen molar-refractivity contribution in [2.24, 2.45) is 4.99 Å². The van der Waals surface area contributed by atoms with Crippen LogP contribution in [0.3, 0.4) is 0 Å². The van der Waals surface area contributed by atoms with E-state index < -0.39 is 0 Å². The zero-order valence-corrected chi connectivity index (χ0v) is 10.6. The number of nitrogens with zero attached hydrogens (tertiary/aromatic N) is 1. The summed E-state index contributed by atoms with van der Waals surface area (Å²) in [6, 6.07) is 8.41. The molecule has 2 saturated carbocycles. The van der Waals surface area contributed by atoms with Crippen LogP contribution in [-0.4, -0.2) is 18.8 Å². The second-order valence-corrected chi connectivity index (χ2v) is 5.50. The molecular weight excluding hydrogens is 226 g/mol. The topological polar surface area (TPSA) is 38.7 Å². The number of isocyanates is 1. The Bertz CT molecular complexity index is 509. The molecule has 0 N–H and O–H groups in total. The molecule has 0 bridgehead atoms. The summed E-state index contributed by atoms with van der Waals surface area (Å²) >= 11 is 0. The molecule has 0 unspecified atom stereocenters. The van der Waals surface area contributed by atoms with Crippen molar-refractivity contribution in [2.75, 3.05) is 7.11 Å². The normalized spacial score (nSPS) is 22.1. The molecule has 0 saturated heterocycles. The van der Waals surface area contributed by atoms with Crippen LogP contribution >= 0.6 is 0 Å². The van der Waals surface area contributed by atoms with Crippen molar-refractivity contribution >= 4 is 6.08 Å². The molecule has 0 amide bonds. The summed E-state index contributed by atoms with van der Waals surface area (Å²) in [5, 5.41) is 0. The monoisotopic (exact) mass is 243 g/mol. The van der Waals surface area contributed by atoms with Crippen LogP contribution in [0.5, 0.6) is 0 Å². The molecule has 3 rings (SSSR count). The fourth-order valence-corrected chi connectivity index (χ4v) is 2.61. The van der Waals surface area contributed by atoms with E-state index >= 15 is 0 Å². The molecule has 0 aliphatic heterocycles. The average molecular weight is 243 g/mol. The summed E-state index contributed by atoms with van der Waals surface area (Å²) in [6.45, 7) is 0. The third-order valence-corrected chi connectivity index (χ3v) is 4.21. The first-order valence-electron chi connectivity index (χ1n) is 6.46. The number of methoxy groups -OCH3 is 1. The van der Waals surface area contributed by atoms with Crippen LogP contribution < -0.4 is 0 Å². The summed E-state index contributed by atoms with van der Waals surface area (Å²) in [6.07, 6.45) is 6.87. The summed E-state index contributed by atoms with van der Waals surface area (Å²) in [5.74, 6) is 0. The van der Waals surface area contributed by atoms with Gasteiger partial charge in [-0.05, 0) is 36.8 Å². The van der Waals surface area contributed by atoms with E-state index in [0.29, 0.717) is 0 Å². The average Bonchev–Trinajstić information content (AvgIpc) is 3.28. The highest BCUT2D eigenvalue weighted by Crippen LogP contribution is 2.49. The largest absolute Gasteiger partial charge is 0.378 e. The van der Waals surface area contributed by atoms with Gasteiger partial charge in [-0.3, -0.25) is 0 Å². The summed E-state index contributed by atoms with van der Waals surface area (Å²) < 4.78 is 5.56. The van der Waals surface area contributed by atoms with Crippen LogP contribution in [0.1, 0.15) is 36.8 Å². The van der Waals surface area contributed by atoms with Crippen molar-refractivity contribution in [2.45, 2.75) is 43.2 Å². The molecular formula is C15H17NO2. The smallest absolute Gasteiger partial charge is 0.235 e. The Morgan fingerprint density at radius 1 is 1.33 bits per heavy atom. The van der Waals surface area contributed by atoms with Gasteiger partial charge in [0.1, 0.15) is 0 Å². The van der Waals surface area contributed by atoms with Crippen LogP contribution in [0.15, 0.2) is 29.3 Å². The molecule has 3 heteroatoms. The number of aliphatic imine (C=N–C) groups is 1. The first-order valence-corrected chi connectivity index (χ1v) is 6.46. The Kier molecular flexibility index (Phi) is 2.61. The maximum absolute atomic E-state index is 10.5. The van der Waals surface area contributed by atoms with E-state index in [1.165, 1.54) is 5.56 Å². The predicted octanol–water partition coefficient (Wildman–Crippen LogP) is 2.73. The molecule has 0 spiro atoms. The van der Waals surface area contributed by atoms with Crippen molar-refractivity contribution < 1.29 is 9.53 Å². The predicted molar refractivity (Wildman–Crippen MR) is 68.2 cm³/mol. The second kappa shape index (κ2) is 4.04. The first kappa shape index (κ1) is 11.6. The SMILES string of the molecule is COC1(Cc2cccc(C3(N=C=O)CC3)c2)CC1. The van der Waals surface area contributed by atoms with Gasteiger partial charge in [-0.2, -0.15) is 4.99 Å². The van der Waals surface area contributed by atoms with Gasteiger partial charge < -0.3 is 4.74 Å². The standard InChI is InChI=1S/C15H17NO2/c1-18-14(5-6-14)10-12-3-2-4-13(9-12)15(7-8-15)16-11-17/h2-4,9H,5-8,10H2,1H3. The Balaban J connectivity index is 1.83. The highest BCUT2D eigenvalue weighted by atomic mass is 16.5. The molecule has 2 fully saturated rings. The zero-order chi connectivity index (χ0) is 12.6. The zero-order valence-electron chi connectivity index (χ0n) is 10.6. The minimum absolute atomic E-state index is 0.0727. The van der Waals surface area contributed by atoms with E-state index in [2.05, 4.69) is 29.3 Å². The lowest BCUT2D eigenvalue weighted by molar-refractivity contribution is 0.0807. The summed E-state index contributed by atoms with van der Waals surface area (Å²) in [7, 11) is 1.79. The van der Waals surface area contributed by atoms with E-state index in [1.807, 2.05) is 0 Å². The summed E-state index contributed by atoms with van der Waals surface area (Å²) in [4.78, 5) is 14.5. The number of ether oxygens (including phenoxy) is 1. The highest BCUT2D eigenvalue weighted by molar-refractivity contribution is 5.42. The van der Waals surface area contributed by atoms with E-state index in [0.717, 1.165) is 37.7 Å². The van der Waals surface area contributed by atoms with E-state index in [4.69, 9.17) is 4.74 Å². The van der Waals surface area contributed by atoms with E-state index in [9.17, 15) is 4.79 Å². The van der Waals surface area contributed by atoms with Gasteiger partial charge in [0, 0.05) is 13.5 Å². The van der Waals surface area contributed by atoms with Crippen LogP contribution in [0.25, 0.3) is 0 Å². The van der Waals surface area contributed by atoms with Crippen LogP contribution in [0, 0.1) is 0 Å². The highest BCUT2D eigenvalue weighted by Gasteiger charge is 2.46. The van der Waals surface area contributed by atoms with E-state index in [1.54, 1.807) is 13.2 Å². The van der Waals surface area contributed by atoms with Crippen LogP contribution in [0.4, 0.5) is 0 Å². The third-order valence-electron chi connectivity index (χ3n) is 4.21. The van der Waals surface area contributed by atoms with Crippen LogP contribution in [0.2, 0.25) is 0 Å². The Labute approximate surface area is 107 Å². The van der Waals surface area contributed by atoms with Gasteiger partial charge in [-0.15, -0.1) is 0 Å². The number of carbonyl (C=O) groups excluding carboxylic acids is 1. The summed E-state index contributed by atoms with van der Waals surface area (Å²) in [5.41, 5.74) is 2.24. The maximum atomic E-state index is 10.5. The molecule has 0 radical (unpaired) electrons. The number of rotatable bonds is 5. The second-order valence-electron chi connectivity index (χ2n) is 5.50. The van der Waals surface area contributed by atoms with Crippen molar-refractivity contribution in [1.82, 2.24) is 0 Å². The molecule has 3 nitrogen and oxygen atoms in total. The molecule has 1 aromatic rings. The lowest BCUT2D eigenvalue weighted by Gasteiger charge is -2.15. The Morgan fingerprint density at radius 2 is 2.11 bits per heavy atom. The number of hydrogen-bond donors (Lipinski definition) is 0. The fourth-order valence-electron chi connectivity index (χ4n) is 2.61. The Morgan fingerprint density at radius 3 is 2.67 bits per heavy atom. The molecule has 18 heavy (non-hydrogen) atoms. The van der Waals surface area contributed by atoms with Gasteiger partial charge in [0.15, 0.2) is 0 Å². The maximum Gasteiger partial charge on any atom is 0.235 e. The molecule has 2 aliphatic carbocycles. The molecule has 0 aromatic heterocycles. The lowest BCUT2D eigenvalue weighted by atomic mass is 9.99. The van der Waals surface area contributed by atoms with Gasteiger partial charge in [-0.25, -0.2) is 4.79 Å². The van der Waals surface area contributed by atoms with Gasteiger partial charge in [0.05, 0.1) is 11.1 Å². The molecule has 0 heterocycles. The van der Waals surface area contributed by atoms with Crippen molar-refractivity contribution in [3.8, 4) is 0 Å². The minimum atomic E-state index is -0.262. The van der Waals surface area contributed by atoms with Gasteiger partial charge in [0.25, 0.3) is 0 Å². The quantitative estimate of drug-likeness (QED) is 0.589. The van der Waals surface area contributed by atoms with Gasteiger partial charge in [-0.1, -0.05) is 24.3 Å². The fraction of sp³-hybridized carbons (Fsp3) is 0.533. The van der Waals surface area contributed by atoms with Crippen molar-refractivity contribution in [3.05, 3.63) is 35.4 Å². The molecule has 94 valence electrons. The van der Waals surface area contributed by atoms with Crippen molar-refractivity contribution in [3.63, 3.8) is 0 Å². The molecule has 2 aliphatic rings. The van der Waals surface area contributed by atoms with E-state index in [-0.39, 0.29) is 11.1 Å². The Hall–Kier alpha value is -1.44. The number of benzene rings is 1. The van der Waals surface area contributed by atoms with Gasteiger partial charge >= 0.3 is 0 Å². The third kappa shape index (κ3) is 2.00. The molecule has 1 aromatic carbocycles. The van der Waals surface area contributed by atoms with Crippen molar-refractivity contribution in [1.29, 1.82) is 0 Å². The van der Waals surface area contributed by atoms with Gasteiger partial charge in [0.2, 0.25) is 6.08 Å². The minimum Gasteiger partial charge on any atom is -0.378 e. The lowest BCUT2D eigenvalue weighted by Crippen LogP contribution is -2.15.